The summed E-state index contributed by atoms with van der Waals surface area (Å²) in [5.41, 5.74) is 7.29. The molecule has 2 aromatic heterocycles. The number of anilines is 1. The van der Waals surface area contributed by atoms with Crippen molar-refractivity contribution in [2.24, 2.45) is 0 Å². The van der Waals surface area contributed by atoms with Gasteiger partial charge in [0.2, 0.25) is 0 Å². The Balaban J connectivity index is 1.55. The summed E-state index contributed by atoms with van der Waals surface area (Å²) < 4.78 is 0. The lowest BCUT2D eigenvalue weighted by atomic mass is 10.0. The third kappa shape index (κ3) is 3.76. The molecule has 1 aliphatic rings. The van der Waals surface area contributed by atoms with E-state index in [1.165, 1.54) is 0 Å². The smallest absolute Gasteiger partial charge is 0.256 e. The molecule has 0 spiro atoms. The number of carbonyl (C=O) groups excluding carboxylic acids is 2. The molecule has 3 N–H and O–H groups in total. The lowest BCUT2D eigenvalue weighted by Crippen LogP contribution is -2.26. The number of nitrogens with zero attached hydrogens (tertiary/aromatic N) is 1. The lowest BCUT2D eigenvalue weighted by molar-refractivity contribution is -0.110. The van der Waals surface area contributed by atoms with Gasteiger partial charge in [-0.15, -0.1) is 0 Å². The van der Waals surface area contributed by atoms with Gasteiger partial charge in [0.05, 0.1) is 11.1 Å². The summed E-state index contributed by atoms with van der Waals surface area (Å²) >= 11 is 0. The van der Waals surface area contributed by atoms with Crippen molar-refractivity contribution in [3.8, 4) is 0 Å². The van der Waals surface area contributed by atoms with Gasteiger partial charge in [-0.25, -0.2) is 0 Å². The van der Waals surface area contributed by atoms with Crippen LogP contribution in [0.2, 0.25) is 0 Å². The van der Waals surface area contributed by atoms with Crippen LogP contribution in [-0.2, 0) is 11.2 Å². The van der Waals surface area contributed by atoms with Crippen LogP contribution in [0.3, 0.4) is 0 Å². The Kier molecular flexibility index (Phi) is 5.23. The summed E-state index contributed by atoms with van der Waals surface area (Å²) in [6, 6.07) is 11.6. The van der Waals surface area contributed by atoms with Crippen LogP contribution < -0.4 is 10.6 Å². The number of pyridine rings is 1. The van der Waals surface area contributed by atoms with Gasteiger partial charge in [0.25, 0.3) is 11.8 Å². The molecule has 3 heterocycles. The molecule has 3 aromatic rings. The SMILES string of the molecule is Cc1ccc2c(c1)C(=Cc1[nH]c(C)c(C(=O)NCCc3ccccn3)c1C)C(=O)N2. The van der Waals surface area contributed by atoms with E-state index in [0.29, 0.717) is 24.1 Å². The molecule has 2 amide bonds. The molecule has 6 heteroatoms. The maximum atomic E-state index is 12.8. The number of aromatic nitrogens is 2. The van der Waals surface area contributed by atoms with Gasteiger partial charge in [-0.2, -0.15) is 0 Å². The summed E-state index contributed by atoms with van der Waals surface area (Å²) in [4.78, 5) is 32.8. The molecular weight excluding hydrogens is 376 g/mol. The lowest BCUT2D eigenvalue weighted by Gasteiger charge is -2.06. The number of fused-ring (bicyclic) bond motifs is 1. The first-order valence-electron chi connectivity index (χ1n) is 9.95. The topological polar surface area (TPSA) is 86.9 Å². The average molecular weight is 400 g/mol. The second kappa shape index (κ2) is 7.99. The van der Waals surface area contributed by atoms with Crippen molar-refractivity contribution >= 4 is 29.2 Å². The second-order valence-electron chi connectivity index (χ2n) is 7.55. The van der Waals surface area contributed by atoms with Gasteiger partial charge in [-0.3, -0.25) is 14.6 Å². The van der Waals surface area contributed by atoms with Crippen molar-refractivity contribution in [2.45, 2.75) is 27.2 Å². The quantitative estimate of drug-likeness (QED) is 0.569. The van der Waals surface area contributed by atoms with E-state index < -0.39 is 0 Å². The largest absolute Gasteiger partial charge is 0.358 e. The number of carbonyl (C=O) groups is 2. The molecule has 0 aliphatic carbocycles. The van der Waals surface area contributed by atoms with Gasteiger partial charge in [0.1, 0.15) is 0 Å². The Morgan fingerprint density at radius 1 is 1.17 bits per heavy atom. The Bertz CT molecular complexity index is 1160. The number of hydrogen-bond acceptors (Lipinski definition) is 3. The van der Waals surface area contributed by atoms with E-state index in [4.69, 9.17) is 0 Å². The van der Waals surface area contributed by atoms with Crippen LogP contribution in [0.4, 0.5) is 5.69 Å². The Labute approximate surface area is 175 Å². The highest BCUT2D eigenvalue weighted by atomic mass is 16.2. The first-order valence-corrected chi connectivity index (χ1v) is 9.95. The van der Waals surface area contributed by atoms with Crippen LogP contribution in [0.5, 0.6) is 0 Å². The van der Waals surface area contributed by atoms with Gasteiger partial charge in [0, 0.05) is 47.5 Å². The van der Waals surface area contributed by atoms with E-state index in [1.807, 2.05) is 63.2 Å². The number of rotatable bonds is 5. The molecule has 1 aromatic carbocycles. The summed E-state index contributed by atoms with van der Waals surface area (Å²) in [6.07, 6.45) is 4.24. The van der Waals surface area contributed by atoms with Crippen molar-refractivity contribution in [3.05, 3.63) is 81.9 Å². The third-order valence-corrected chi connectivity index (χ3v) is 5.34. The predicted molar refractivity (Wildman–Crippen MR) is 118 cm³/mol. The number of amides is 2. The van der Waals surface area contributed by atoms with Crippen molar-refractivity contribution in [3.63, 3.8) is 0 Å². The molecule has 0 saturated carbocycles. The van der Waals surface area contributed by atoms with Crippen molar-refractivity contribution < 1.29 is 9.59 Å². The van der Waals surface area contributed by atoms with Crippen LogP contribution >= 0.6 is 0 Å². The van der Waals surface area contributed by atoms with Crippen LogP contribution in [0.1, 0.15) is 44.1 Å². The van der Waals surface area contributed by atoms with Crippen LogP contribution in [0, 0.1) is 20.8 Å². The standard InChI is InChI=1S/C24H24N4O2/c1-14-7-8-20-18(12-14)19(23(29)28-20)13-21-15(2)22(16(3)27-21)24(30)26-11-9-17-6-4-5-10-25-17/h4-8,10,12-13,27H,9,11H2,1-3H3,(H,26,30)(H,28,29). The number of nitrogens with one attached hydrogen (secondary N) is 3. The Morgan fingerprint density at radius 3 is 2.77 bits per heavy atom. The molecule has 0 radical (unpaired) electrons. The van der Waals surface area contributed by atoms with E-state index in [0.717, 1.165) is 39.5 Å². The second-order valence-corrected chi connectivity index (χ2v) is 7.55. The summed E-state index contributed by atoms with van der Waals surface area (Å²) in [6.45, 7) is 6.27. The van der Waals surface area contributed by atoms with E-state index in [9.17, 15) is 9.59 Å². The monoisotopic (exact) mass is 400 g/mol. The van der Waals surface area contributed by atoms with Crippen LogP contribution in [0.25, 0.3) is 11.6 Å². The van der Waals surface area contributed by atoms with Gasteiger partial charge in [-0.1, -0.05) is 17.7 Å². The first-order chi connectivity index (χ1) is 14.4. The first kappa shape index (κ1) is 19.6. The van der Waals surface area contributed by atoms with Gasteiger partial charge in [0.15, 0.2) is 0 Å². The molecule has 30 heavy (non-hydrogen) atoms. The normalized spacial score (nSPS) is 14.0. The molecule has 6 nitrogen and oxygen atoms in total. The minimum atomic E-state index is -0.136. The summed E-state index contributed by atoms with van der Waals surface area (Å²) in [5.74, 6) is -0.266. The molecule has 0 unspecified atom stereocenters. The van der Waals surface area contributed by atoms with E-state index >= 15 is 0 Å². The van der Waals surface area contributed by atoms with E-state index in [-0.39, 0.29) is 11.8 Å². The highest BCUT2D eigenvalue weighted by Gasteiger charge is 2.25. The zero-order valence-corrected chi connectivity index (χ0v) is 17.3. The fourth-order valence-electron chi connectivity index (χ4n) is 3.79. The molecular formula is C24H24N4O2. The van der Waals surface area contributed by atoms with Crippen molar-refractivity contribution in [1.29, 1.82) is 0 Å². The highest BCUT2D eigenvalue weighted by Crippen LogP contribution is 2.34. The number of benzene rings is 1. The fraction of sp³-hybridized carbons (Fsp3) is 0.208. The molecule has 4 rings (SSSR count). The summed E-state index contributed by atoms with van der Waals surface area (Å²) in [5, 5.41) is 5.86. The maximum absolute atomic E-state index is 12.8. The predicted octanol–water partition coefficient (Wildman–Crippen LogP) is 3.80. The summed E-state index contributed by atoms with van der Waals surface area (Å²) in [7, 11) is 0. The molecule has 0 atom stereocenters. The highest BCUT2D eigenvalue weighted by molar-refractivity contribution is 6.35. The zero-order valence-electron chi connectivity index (χ0n) is 17.3. The van der Waals surface area contributed by atoms with Crippen LogP contribution in [-0.4, -0.2) is 28.3 Å². The minimum absolute atomic E-state index is 0.131. The molecule has 0 saturated heterocycles. The number of aromatic amines is 1. The van der Waals surface area contributed by atoms with Gasteiger partial charge in [-0.05, 0) is 56.7 Å². The van der Waals surface area contributed by atoms with E-state index in [1.54, 1.807) is 6.20 Å². The fourth-order valence-corrected chi connectivity index (χ4v) is 3.79. The average Bonchev–Trinajstić information content (AvgIpc) is 3.18. The van der Waals surface area contributed by atoms with Gasteiger partial charge < -0.3 is 15.6 Å². The molecule has 152 valence electrons. The molecule has 0 fully saturated rings. The minimum Gasteiger partial charge on any atom is -0.358 e. The number of hydrogen-bond donors (Lipinski definition) is 3. The van der Waals surface area contributed by atoms with Crippen molar-refractivity contribution in [2.75, 3.05) is 11.9 Å². The maximum Gasteiger partial charge on any atom is 0.256 e. The van der Waals surface area contributed by atoms with E-state index in [2.05, 4.69) is 20.6 Å². The Morgan fingerprint density at radius 2 is 2.00 bits per heavy atom. The number of H-pyrrole nitrogens is 1. The number of aryl methyl sites for hydroxylation is 2. The van der Waals surface area contributed by atoms with Gasteiger partial charge >= 0.3 is 0 Å². The molecule has 1 aliphatic heterocycles. The third-order valence-electron chi connectivity index (χ3n) is 5.34. The van der Waals surface area contributed by atoms with Crippen LogP contribution in [0.15, 0.2) is 42.6 Å². The van der Waals surface area contributed by atoms with Crippen molar-refractivity contribution in [1.82, 2.24) is 15.3 Å². The molecule has 0 bridgehead atoms. The Hall–Kier alpha value is -3.67. The zero-order chi connectivity index (χ0) is 21.3.